The van der Waals surface area contributed by atoms with Crippen LogP contribution in [0.2, 0.25) is 0 Å². The van der Waals surface area contributed by atoms with E-state index in [1.807, 2.05) is 12.4 Å². The molecule has 2 aromatic carbocycles. The van der Waals surface area contributed by atoms with Gasteiger partial charge in [-0.1, -0.05) is 6.42 Å². The summed E-state index contributed by atoms with van der Waals surface area (Å²) in [6.45, 7) is 0.104. The smallest absolute Gasteiger partial charge is 0.271 e. The second-order valence-electron chi connectivity index (χ2n) is 7.23. The van der Waals surface area contributed by atoms with Gasteiger partial charge >= 0.3 is 0 Å². The van der Waals surface area contributed by atoms with Gasteiger partial charge in [0.15, 0.2) is 0 Å². The van der Waals surface area contributed by atoms with Gasteiger partial charge in [-0.05, 0) is 36.1 Å². The van der Waals surface area contributed by atoms with Crippen molar-refractivity contribution in [3.8, 4) is 0 Å². The molecule has 9 heteroatoms. The Morgan fingerprint density at radius 2 is 1.33 bits per heavy atom. The first-order valence-corrected chi connectivity index (χ1v) is 9.61. The van der Waals surface area contributed by atoms with E-state index in [1.165, 1.54) is 24.3 Å². The molecule has 0 bridgehead atoms. The first kappa shape index (κ1) is 19.6. The number of hydrogen-bond donors (Lipinski definition) is 3. The number of nitrogens with zero attached hydrogens (tertiary/aromatic N) is 2. The van der Waals surface area contributed by atoms with Crippen LogP contribution in [0.5, 0.6) is 0 Å². The predicted molar refractivity (Wildman–Crippen MR) is 113 cm³/mol. The van der Waals surface area contributed by atoms with Gasteiger partial charge in [0.2, 0.25) is 0 Å². The van der Waals surface area contributed by atoms with E-state index in [4.69, 9.17) is 0 Å². The summed E-state index contributed by atoms with van der Waals surface area (Å²) in [7, 11) is 0. The van der Waals surface area contributed by atoms with Gasteiger partial charge in [-0.25, -0.2) is 0 Å². The van der Waals surface area contributed by atoms with E-state index < -0.39 is 9.85 Å². The number of unbranched alkanes of at least 4 members (excludes halogenated alkanes) is 1. The zero-order chi connectivity index (χ0) is 21.3. The van der Waals surface area contributed by atoms with Crippen molar-refractivity contribution < 1.29 is 15.0 Å². The van der Waals surface area contributed by atoms with E-state index in [9.17, 15) is 25.3 Å². The van der Waals surface area contributed by atoms with Crippen molar-refractivity contribution in [2.75, 3.05) is 6.61 Å². The monoisotopic (exact) mass is 408 g/mol. The predicted octanol–water partition coefficient (Wildman–Crippen LogP) is 4.76. The summed E-state index contributed by atoms with van der Waals surface area (Å²) in [5.74, 6) is -0.0398. The molecule has 2 heterocycles. The standard InChI is InChI=1S/C21H20N4O5/c26-8-2-1-3-15(18-11-22-20-9-13(24(27)28)4-6-16(18)20)19-12-23-21-10-14(25(29)30)5-7-17(19)21/h4-7,9-12,15,22-23,26H,1-3,8H2. The Morgan fingerprint density at radius 3 is 1.77 bits per heavy atom. The molecule has 0 aliphatic carbocycles. The number of aromatic amines is 2. The van der Waals surface area contributed by atoms with Crippen LogP contribution in [-0.4, -0.2) is 31.5 Å². The number of fused-ring (bicyclic) bond motifs is 2. The Labute approximate surface area is 170 Å². The van der Waals surface area contributed by atoms with Crippen LogP contribution in [0.4, 0.5) is 11.4 Å². The van der Waals surface area contributed by atoms with Crippen molar-refractivity contribution in [1.29, 1.82) is 0 Å². The van der Waals surface area contributed by atoms with Gasteiger partial charge in [0.25, 0.3) is 11.4 Å². The van der Waals surface area contributed by atoms with Crippen molar-refractivity contribution in [3.63, 3.8) is 0 Å². The number of nitro groups is 2. The average Bonchev–Trinajstić information content (AvgIpc) is 3.34. The molecule has 2 aromatic heterocycles. The molecule has 0 unspecified atom stereocenters. The van der Waals surface area contributed by atoms with Crippen LogP contribution in [0.25, 0.3) is 21.8 Å². The number of nitro benzene ring substituents is 2. The molecule has 9 nitrogen and oxygen atoms in total. The highest BCUT2D eigenvalue weighted by Gasteiger charge is 2.22. The molecule has 4 aromatic rings. The third-order valence-corrected chi connectivity index (χ3v) is 5.47. The summed E-state index contributed by atoms with van der Waals surface area (Å²) >= 11 is 0. The number of hydrogen-bond acceptors (Lipinski definition) is 5. The van der Waals surface area contributed by atoms with Crippen molar-refractivity contribution in [1.82, 2.24) is 9.97 Å². The first-order chi connectivity index (χ1) is 14.5. The Kier molecular flexibility index (Phi) is 5.20. The highest BCUT2D eigenvalue weighted by Crippen LogP contribution is 2.39. The normalized spacial score (nSPS) is 11.5. The van der Waals surface area contributed by atoms with Gasteiger partial charge in [-0.2, -0.15) is 0 Å². The molecule has 154 valence electrons. The maximum atomic E-state index is 11.1. The fraction of sp³-hybridized carbons (Fsp3) is 0.238. The van der Waals surface area contributed by atoms with Gasteiger partial charge in [0, 0.05) is 60.0 Å². The summed E-state index contributed by atoms with van der Waals surface area (Å²) in [4.78, 5) is 27.6. The zero-order valence-corrected chi connectivity index (χ0v) is 16.0. The summed E-state index contributed by atoms with van der Waals surface area (Å²) in [6, 6.07) is 9.51. The maximum Gasteiger partial charge on any atom is 0.271 e. The summed E-state index contributed by atoms with van der Waals surface area (Å²) in [5, 5.41) is 33.2. The second kappa shape index (κ2) is 7.96. The van der Waals surface area contributed by atoms with E-state index in [0.717, 1.165) is 34.7 Å². The van der Waals surface area contributed by atoms with Crippen LogP contribution < -0.4 is 0 Å². The Balaban J connectivity index is 1.81. The van der Waals surface area contributed by atoms with Gasteiger partial charge in [-0.3, -0.25) is 20.2 Å². The van der Waals surface area contributed by atoms with Gasteiger partial charge < -0.3 is 15.1 Å². The maximum absolute atomic E-state index is 11.1. The van der Waals surface area contributed by atoms with E-state index in [2.05, 4.69) is 9.97 Å². The lowest BCUT2D eigenvalue weighted by Gasteiger charge is -2.16. The number of aromatic nitrogens is 2. The molecular weight excluding hydrogens is 388 g/mol. The van der Waals surface area contributed by atoms with Crippen molar-refractivity contribution >= 4 is 33.2 Å². The number of rotatable bonds is 8. The minimum atomic E-state index is -0.425. The highest BCUT2D eigenvalue weighted by molar-refractivity contribution is 5.89. The number of H-pyrrole nitrogens is 2. The molecule has 0 aliphatic rings. The Bertz CT molecular complexity index is 1150. The third-order valence-electron chi connectivity index (χ3n) is 5.47. The molecule has 0 radical (unpaired) electrons. The van der Waals surface area contributed by atoms with Gasteiger partial charge in [0.05, 0.1) is 20.9 Å². The van der Waals surface area contributed by atoms with Crippen LogP contribution in [0.3, 0.4) is 0 Å². The molecule has 0 spiro atoms. The lowest BCUT2D eigenvalue weighted by atomic mass is 9.86. The molecule has 0 saturated carbocycles. The van der Waals surface area contributed by atoms with Crippen LogP contribution in [-0.2, 0) is 0 Å². The molecule has 3 N–H and O–H groups in total. The van der Waals surface area contributed by atoms with Crippen LogP contribution >= 0.6 is 0 Å². The topological polar surface area (TPSA) is 138 Å². The van der Waals surface area contributed by atoms with E-state index in [-0.39, 0.29) is 23.9 Å². The lowest BCUT2D eigenvalue weighted by molar-refractivity contribution is -0.384. The molecule has 0 saturated heterocycles. The molecular formula is C21H20N4O5. The van der Waals surface area contributed by atoms with E-state index >= 15 is 0 Å². The zero-order valence-electron chi connectivity index (χ0n) is 16.0. The number of aliphatic hydroxyl groups is 1. The summed E-state index contributed by atoms with van der Waals surface area (Å²) in [5.41, 5.74) is 3.40. The molecule has 0 amide bonds. The first-order valence-electron chi connectivity index (χ1n) is 9.61. The van der Waals surface area contributed by atoms with Crippen LogP contribution in [0.1, 0.15) is 36.3 Å². The van der Waals surface area contributed by atoms with Gasteiger partial charge in [0.1, 0.15) is 0 Å². The summed E-state index contributed by atoms with van der Waals surface area (Å²) < 4.78 is 0. The Hall–Kier alpha value is -3.72. The van der Waals surface area contributed by atoms with Crippen LogP contribution in [0.15, 0.2) is 48.8 Å². The molecule has 0 aliphatic heterocycles. The quantitative estimate of drug-likeness (QED) is 0.219. The highest BCUT2D eigenvalue weighted by atomic mass is 16.6. The Morgan fingerprint density at radius 1 is 0.833 bits per heavy atom. The fourth-order valence-corrected chi connectivity index (χ4v) is 4.02. The molecule has 0 fully saturated rings. The average molecular weight is 408 g/mol. The minimum Gasteiger partial charge on any atom is -0.396 e. The fourth-order valence-electron chi connectivity index (χ4n) is 4.02. The largest absolute Gasteiger partial charge is 0.396 e. The number of non-ortho nitro benzene ring substituents is 2. The van der Waals surface area contributed by atoms with Crippen molar-refractivity contribution in [2.45, 2.75) is 25.2 Å². The molecule has 0 atom stereocenters. The van der Waals surface area contributed by atoms with Crippen LogP contribution in [0, 0.1) is 20.2 Å². The van der Waals surface area contributed by atoms with Crippen molar-refractivity contribution in [2.24, 2.45) is 0 Å². The van der Waals surface area contributed by atoms with E-state index in [1.54, 1.807) is 12.1 Å². The third kappa shape index (κ3) is 3.50. The number of nitrogens with one attached hydrogen (secondary N) is 2. The van der Waals surface area contributed by atoms with Crippen molar-refractivity contribution in [3.05, 3.63) is 80.1 Å². The minimum absolute atomic E-state index is 0.0205. The summed E-state index contributed by atoms with van der Waals surface area (Å²) in [6.07, 6.45) is 5.94. The van der Waals surface area contributed by atoms with E-state index in [0.29, 0.717) is 17.5 Å². The molecule has 30 heavy (non-hydrogen) atoms. The van der Waals surface area contributed by atoms with Gasteiger partial charge in [-0.15, -0.1) is 0 Å². The lowest BCUT2D eigenvalue weighted by Crippen LogP contribution is -2.01. The second-order valence-corrected chi connectivity index (χ2v) is 7.23. The molecule has 4 rings (SSSR count). The number of aliphatic hydroxyl groups excluding tert-OH is 1. The number of benzene rings is 2. The SMILES string of the molecule is O=[N+]([O-])c1ccc2c(C(CCCCO)c3c[nH]c4cc([N+](=O)[O-])ccc34)c[nH]c2c1.